The molecule has 2 aromatic carbocycles. The third-order valence-electron chi connectivity index (χ3n) is 8.29. The first-order valence-corrected chi connectivity index (χ1v) is 13.0. The normalized spacial score (nSPS) is 29.0. The van der Waals surface area contributed by atoms with Crippen LogP contribution < -0.4 is 10.1 Å². The number of aliphatic hydroxyl groups is 1. The van der Waals surface area contributed by atoms with Crippen LogP contribution in [0.2, 0.25) is 0 Å². The second-order valence-corrected chi connectivity index (χ2v) is 10.6. The summed E-state index contributed by atoms with van der Waals surface area (Å²) in [7, 11) is 0. The van der Waals surface area contributed by atoms with Gasteiger partial charge in [-0.3, -0.25) is 14.5 Å². The molecule has 190 valence electrons. The highest BCUT2D eigenvalue weighted by atomic mass is 19.1. The summed E-state index contributed by atoms with van der Waals surface area (Å²) in [5.74, 6) is 0.555. The molecular formula is C28H32FN3O4. The summed E-state index contributed by atoms with van der Waals surface area (Å²) >= 11 is 0. The Kier molecular flexibility index (Phi) is 6.17. The Balaban J connectivity index is 1.11. The lowest BCUT2D eigenvalue weighted by Gasteiger charge is -2.48. The number of halogens is 1. The van der Waals surface area contributed by atoms with Gasteiger partial charge in [0, 0.05) is 37.2 Å². The van der Waals surface area contributed by atoms with Gasteiger partial charge in [-0.1, -0.05) is 18.6 Å². The Bertz CT molecular complexity index is 1150. The van der Waals surface area contributed by atoms with Crippen molar-refractivity contribution in [1.29, 1.82) is 0 Å². The van der Waals surface area contributed by atoms with Gasteiger partial charge in [0.05, 0.1) is 0 Å². The second-order valence-electron chi connectivity index (χ2n) is 10.6. The molecule has 4 atom stereocenters. The Morgan fingerprint density at radius 3 is 2.53 bits per heavy atom. The molecule has 0 radical (unpaired) electrons. The summed E-state index contributed by atoms with van der Waals surface area (Å²) in [6, 6.07) is 12.3. The highest BCUT2D eigenvalue weighted by Crippen LogP contribution is 2.36. The molecule has 2 amide bonds. The molecule has 0 aromatic heterocycles. The molecule has 3 heterocycles. The Labute approximate surface area is 210 Å². The maximum Gasteiger partial charge on any atom is 0.255 e. The molecule has 8 heteroatoms. The van der Waals surface area contributed by atoms with E-state index in [2.05, 4.69) is 10.2 Å². The second kappa shape index (κ2) is 9.48. The lowest BCUT2D eigenvalue weighted by molar-refractivity contribution is -0.132. The molecule has 2 saturated heterocycles. The monoisotopic (exact) mass is 493 g/mol. The van der Waals surface area contributed by atoms with Crippen LogP contribution in [0.4, 0.5) is 4.39 Å². The molecule has 3 fully saturated rings. The zero-order valence-corrected chi connectivity index (χ0v) is 20.2. The molecule has 7 nitrogen and oxygen atoms in total. The van der Waals surface area contributed by atoms with Gasteiger partial charge in [-0.2, -0.15) is 0 Å². The summed E-state index contributed by atoms with van der Waals surface area (Å²) in [4.78, 5) is 29.5. The third-order valence-corrected chi connectivity index (χ3v) is 8.29. The number of nitrogens with zero attached hydrogens (tertiary/aromatic N) is 2. The predicted octanol–water partition coefficient (Wildman–Crippen LogP) is 3.17. The van der Waals surface area contributed by atoms with Gasteiger partial charge < -0.3 is 20.1 Å². The molecule has 36 heavy (non-hydrogen) atoms. The van der Waals surface area contributed by atoms with E-state index in [1.54, 1.807) is 4.90 Å². The minimum absolute atomic E-state index is 0.0878. The van der Waals surface area contributed by atoms with Crippen molar-refractivity contribution in [3.63, 3.8) is 0 Å². The number of carbonyl (C=O) groups excluding carboxylic acids is 2. The molecule has 2 unspecified atom stereocenters. The summed E-state index contributed by atoms with van der Waals surface area (Å²) in [6.45, 7) is 2.29. The maximum absolute atomic E-state index is 13.3. The molecule has 1 aliphatic carbocycles. The number of carbonyl (C=O) groups is 2. The SMILES string of the molecule is O=C1NC(O)CCC1N1Cc2cc(O[C@H]3CCCC[C@@H]3N3CC(c4ccc(F)cc4)C3)ccc2C1=O. The third kappa shape index (κ3) is 4.37. The minimum Gasteiger partial charge on any atom is -0.489 e. The van der Waals surface area contributed by atoms with E-state index in [0.29, 0.717) is 36.9 Å². The van der Waals surface area contributed by atoms with Gasteiger partial charge in [0.25, 0.3) is 5.91 Å². The van der Waals surface area contributed by atoms with Crippen molar-refractivity contribution in [2.45, 2.75) is 75.4 Å². The van der Waals surface area contributed by atoms with Crippen LogP contribution in [0.5, 0.6) is 5.75 Å². The Morgan fingerprint density at radius 1 is 0.972 bits per heavy atom. The largest absolute Gasteiger partial charge is 0.489 e. The van der Waals surface area contributed by atoms with Gasteiger partial charge in [0.2, 0.25) is 5.91 Å². The number of benzene rings is 2. The van der Waals surface area contributed by atoms with Gasteiger partial charge in [-0.15, -0.1) is 0 Å². The van der Waals surface area contributed by atoms with Crippen molar-refractivity contribution in [1.82, 2.24) is 15.1 Å². The van der Waals surface area contributed by atoms with E-state index in [-0.39, 0.29) is 23.7 Å². The number of amides is 2. The molecule has 0 bridgehead atoms. The van der Waals surface area contributed by atoms with Crippen molar-refractivity contribution in [3.05, 3.63) is 65.0 Å². The first kappa shape index (κ1) is 23.4. The fraction of sp³-hybridized carbons (Fsp3) is 0.500. The molecule has 1 saturated carbocycles. The van der Waals surface area contributed by atoms with Crippen LogP contribution in [0, 0.1) is 5.82 Å². The van der Waals surface area contributed by atoms with Crippen molar-refractivity contribution in [2.75, 3.05) is 13.1 Å². The zero-order chi connectivity index (χ0) is 24.8. The quantitative estimate of drug-likeness (QED) is 0.669. The number of nitrogens with one attached hydrogen (secondary N) is 1. The summed E-state index contributed by atoms with van der Waals surface area (Å²) in [5.41, 5.74) is 2.69. The molecule has 2 N–H and O–H groups in total. The molecule has 2 aromatic rings. The highest BCUT2D eigenvalue weighted by Gasteiger charge is 2.41. The molecular weight excluding hydrogens is 461 g/mol. The van der Waals surface area contributed by atoms with Crippen LogP contribution >= 0.6 is 0 Å². The average molecular weight is 494 g/mol. The van der Waals surface area contributed by atoms with E-state index >= 15 is 0 Å². The fourth-order valence-electron chi connectivity index (χ4n) is 6.26. The lowest BCUT2D eigenvalue weighted by Crippen LogP contribution is -2.57. The molecule has 4 aliphatic rings. The Hall–Kier alpha value is -2.97. The van der Waals surface area contributed by atoms with Gasteiger partial charge in [-0.05, 0) is 73.6 Å². The lowest BCUT2D eigenvalue weighted by atomic mass is 9.84. The van der Waals surface area contributed by atoms with Crippen LogP contribution in [0.15, 0.2) is 42.5 Å². The number of ether oxygens (including phenoxy) is 1. The number of hydrogen-bond acceptors (Lipinski definition) is 5. The van der Waals surface area contributed by atoms with E-state index in [1.165, 1.54) is 24.1 Å². The number of hydrogen-bond donors (Lipinski definition) is 2. The van der Waals surface area contributed by atoms with Crippen molar-refractivity contribution >= 4 is 11.8 Å². The van der Waals surface area contributed by atoms with Gasteiger partial charge in [0.15, 0.2) is 0 Å². The summed E-state index contributed by atoms with van der Waals surface area (Å²) in [6.07, 6.45) is 4.56. The fourth-order valence-corrected chi connectivity index (χ4v) is 6.26. The van der Waals surface area contributed by atoms with E-state index in [9.17, 15) is 19.1 Å². The van der Waals surface area contributed by atoms with E-state index < -0.39 is 12.3 Å². The number of rotatable bonds is 5. The maximum atomic E-state index is 13.3. The minimum atomic E-state index is -0.838. The number of fused-ring (bicyclic) bond motifs is 1. The molecule has 0 spiro atoms. The summed E-state index contributed by atoms with van der Waals surface area (Å²) in [5, 5.41) is 12.2. The topological polar surface area (TPSA) is 82.1 Å². The standard InChI is InChI=1S/C28H32FN3O4/c29-20-7-5-17(6-8-20)19-14-31(15-19)23-3-1-2-4-25(23)36-21-9-10-22-18(13-21)16-32(28(22)35)24-11-12-26(33)30-27(24)34/h5-10,13,19,23-26,33H,1-4,11-12,14-16H2,(H,30,34)/t23-,24?,25-,26?/m0/s1. The van der Waals surface area contributed by atoms with Crippen LogP contribution in [-0.4, -0.2) is 64.2 Å². The number of likely N-dealkylation sites (tertiary alicyclic amines) is 1. The Morgan fingerprint density at radius 2 is 1.75 bits per heavy atom. The van der Waals surface area contributed by atoms with E-state index in [4.69, 9.17) is 4.74 Å². The number of piperidine rings is 1. The van der Waals surface area contributed by atoms with Crippen LogP contribution in [0.1, 0.15) is 65.9 Å². The first-order chi connectivity index (χ1) is 17.5. The van der Waals surface area contributed by atoms with Crippen LogP contribution in [0.3, 0.4) is 0 Å². The van der Waals surface area contributed by atoms with Gasteiger partial charge in [0.1, 0.15) is 29.9 Å². The summed E-state index contributed by atoms with van der Waals surface area (Å²) < 4.78 is 19.8. The zero-order valence-electron chi connectivity index (χ0n) is 20.2. The van der Waals surface area contributed by atoms with Crippen molar-refractivity contribution in [3.8, 4) is 5.75 Å². The smallest absolute Gasteiger partial charge is 0.255 e. The van der Waals surface area contributed by atoms with Crippen LogP contribution in [0.25, 0.3) is 0 Å². The van der Waals surface area contributed by atoms with E-state index in [1.807, 2.05) is 30.3 Å². The highest BCUT2D eigenvalue weighted by molar-refractivity contribution is 6.01. The van der Waals surface area contributed by atoms with Crippen molar-refractivity contribution < 1.29 is 23.8 Å². The molecule has 3 aliphatic heterocycles. The van der Waals surface area contributed by atoms with Gasteiger partial charge in [-0.25, -0.2) is 4.39 Å². The predicted molar refractivity (Wildman–Crippen MR) is 131 cm³/mol. The van der Waals surface area contributed by atoms with Crippen molar-refractivity contribution in [2.24, 2.45) is 0 Å². The average Bonchev–Trinajstić information content (AvgIpc) is 3.16. The first-order valence-electron chi connectivity index (χ1n) is 13.0. The van der Waals surface area contributed by atoms with Crippen LogP contribution in [-0.2, 0) is 11.3 Å². The molecule has 6 rings (SSSR count). The van der Waals surface area contributed by atoms with Gasteiger partial charge >= 0.3 is 0 Å². The van der Waals surface area contributed by atoms with E-state index in [0.717, 1.165) is 43.7 Å². The number of aliphatic hydroxyl groups excluding tert-OH is 1.